The quantitative estimate of drug-likeness (QED) is 0.0119. The molecule has 2 aliphatic rings. The molecule has 0 unspecified atom stereocenters. The number of para-hydroxylation sites is 2. The van der Waals surface area contributed by atoms with Crippen LogP contribution in [0.15, 0.2) is 170 Å². The third kappa shape index (κ3) is 24.7. The number of alkyl halides is 3. The molecule has 0 spiro atoms. The molecular weight excluding hydrogens is 1200 g/mol. The smallest absolute Gasteiger partial charge is 0.446 e. The van der Waals surface area contributed by atoms with E-state index < -0.39 is 39.8 Å². The summed E-state index contributed by atoms with van der Waals surface area (Å²) in [7, 11) is 0. The van der Waals surface area contributed by atoms with E-state index in [9.17, 15) is 52.6 Å². The Morgan fingerprint density at radius 1 is 0.565 bits per heavy atom. The van der Waals surface area contributed by atoms with Crippen LogP contribution in [0.2, 0.25) is 0 Å². The fraction of sp³-hybridized carbons (Fsp3) is 0.279. The highest BCUT2D eigenvalue weighted by molar-refractivity contribution is 6.33. The number of nitro benzene ring substituents is 2. The number of nitrogens with zero attached hydrogens (tertiary/aromatic N) is 4. The number of aliphatic carboxylic acids is 1. The standard InChI is InChI=1S/C34H36N2O8.C30H28N2O8.C2HF3O.C2H6/c1-34(2,3)44-32(37)24-42-20-19-41-21-22-43-28-17-13-26(14-18-28)23-35-31-10-5-4-8-29(31)30(33(35)38)9-6-7-25-11-15-27(16-12-25)36(39)40;33-29(34)21-39-17-16-38-18-19-40-25-14-10-23(11-15-25)20-31-28-7-2-1-5-26(28)27(30(31)35)6-3-4-22-8-12-24(13-9-22)32(36)37;3-2(4,5)1-6;1-2/h4-18H,19-24H2,1-3H3;1-15H,16-21H2,(H,33,34);1H;1-2H3/i;;;1D. The van der Waals surface area contributed by atoms with E-state index >= 15 is 0 Å². The van der Waals surface area contributed by atoms with Gasteiger partial charge in [-0.3, -0.25) is 34.6 Å². The molecule has 6 aromatic rings. The number of non-ortho nitro benzene ring substituents is 2. The van der Waals surface area contributed by atoms with Gasteiger partial charge in [-0.1, -0.05) is 98.8 Å². The Bertz CT molecular complexity index is 3560. The number of aldehydes is 1. The Morgan fingerprint density at radius 2 is 0.924 bits per heavy atom. The first-order valence-electron chi connectivity index (χ1n) is 29.3. The molecule has 21 nitrogen and oxygen atoms in total. The van der Waals surface area contributed by atoms with Crippen LogP contribution in [0.5, 0.6) is 11.5 Å². The SMILES string of the molecule is CC(C)(C)OC(=O)COCCOCCOc1ccc(CN2C(=O)C(=CC=Cc3ccc([N+](=O)[O-])cc3)c3ccccc32)cc1.O=C(O)COCCOCCOc1ccc(CN2C(=O)C(=CC=Cc3ccc([N+](=O)[O-])cc3)c3ccccc32)cc1.O=CC(F)(F)F.[2H]CC. The van der Waals surface area contributed by atoms with Crippen molar-refractivity contribution in [3.05, 3.63) is 224 Å². The predicted molar refractivity (Wildman–Crippen MR) is 340 cm³/mol. The Labute approximate surface area is 531 Å². The second-order valence-corrected chi connectivity index (χ2v) is 20.3. The lowest BCUT2D eigenvalue weighted by Crippen LogP contribution is -2.27. The highest BCUT2D eigenvalue weighted by Gasteiger charge is 2.33. The first-order valence-corrected chi connectivity index (χ1v) is 28.6. The number of rotatable bonds is 28. The van der Waals surface area contributed by atoms with Gasteiger partial charge in [0.05, 0.1) is 74.0 Å². The lowest BCUT2D eigenvalue weighted by molar-refractivity contribution is -0.385. The number of anilines is 2. The maximum atomic E-state index is 13.4. The second kappa shape index (κ2) is 37.1. The summed E-state index contributed by atoms with van der Waals surface area (Å²) in [5, 5.41) is 30.2. The summed E-state index contributed by atoms with van der Waals surface area (Å²) >= 11 is 0. The minimum atomic E-state index is -4.64. The molecule has 2 amide bonds. The van der Waals surface area contributed by atoms with Crippen molar-refractivity contribution >= 4 is 76.1 Å². The molecule has 0 fully saturated rings. The largest absolute Gasteiger partial charge is 0.491 e. The lowest BCUT2D eigenvalue weighted by atomic mass is 10.1. The van der Waals surface area contributed by atoms with Gasteiger partial charge in [0, 0.05) is 47.9 Å². The fourth-order valence-electron chi connectivity index (χ4n) is 8.48. The molecule has 0 aromatic heterocycles. The van der Waals surface area contributed by atoms with Gasteiger partial charge in [0.1, 0.15) is 43.5 Å². The van der Waals surface area contributed by atoms with Crippen molar-refractivity contribution in [3.63, 3.8) is 0 Å². The molecule has 486 valence electrons. The van der Waals surface area contributed by atoms with Gasteiger partial charge < -0.3 is 48.1 Å². The van der Waals surface area contributed by atoms with Crippen molar-refractivity contribution in [2.45, 2.75) is 59.5 Å². The lowest BCUT2D eigenvalue weighted by Gasteiger charge is -2.19. The number of benzene rings is 6. The van der Waals surface area contributed by atoms with E-state index in [-0.39, 0.29) is 56.2 Å². The van der Waals surface area contributed by atoms with Gasteiger partial charge in [0.2, 0.25) is 6.29 Å². The molecule has 24 heteroatoms. The second-order valence-electron chi connectivity index (χ2n) is 20.3. The summed E-state index contributed by atoms with van der Waals surface area (Å²) in [6.07, 6.45) is 4.99. The van der Waals surface area contributed by atoms with Gasteiger partial charge >= 0.3 is 18.1 Å². The molecule has 0 saturated carbocycles. The van der Waals surface area contributed by atoms with Gasteiger partial charge in [-0.2, -0.15) is 13.2 Å². The van der Waals surface area contributed by atoms with Crippen molar-refractivity contribution < 1.29 is 86.6 Å². The van der Waals surface area contributed by atoms with Crippen molar-refractivity contribution in [3.8, 4) is 11.5 Å². The van der Waals surface area contributed by atoms with Gasteiger partial charge in [-0.15, -0.1) is 0 Å². The summed E-state index contributed by atoms with van der Waals surface area (Å²) in [5.74, 6) is -0.292. The molecule has 92 heavy (non-hydrogen) atoms. The number of carboxylic acid groups (broad SMARTS) is 1. The van der Waals surface area contributed by atoms with E-state index in [1.54, 1.807) is 98.2 Å². The number of esters is 1. The topological polar surface area (TPSA) is 263 Å². The van der Waals surface area contributed by atoms with E-state index in [1.807, 2.05) is 97.1 Å². The van der Waals surface area contributed by atoms with Gasteiger partial charge in [0.25, 0.3) is 23.2 Å². The van der Waals surface area contributed by atoms with Crippen LogP contribution in [0.25, 0.3) is 23.3 Å². The zero-order valence-corrected chi connectivity index (χ0v) is 51.0. The molecule has 0 atom stereocenters. The molecule has 2 heterocycles. The number of hydrogen-bond donors (Lipinski definition) is 1. The normalized spacial score (nSPS) is 13.5. The molecule has 0 aliphatic carbocycles. The summed E-state index contributed by atoms with van der Waals surface area (Å²) in [4.78, 5) is 81.8. The summed E-state index contributed by atoms with van der Waals surface area (Å²) < 4.78 is 75.1. The molecule has 2 aliphatic heterocycles. The van der Waals surface area contributed by atoms with Gasteiger partial charge in [-0.05, 0) is 116 Å². The summed E-state index contributed by atoms with van der Waals surface area (Å²) in [6.45, 7) is 10.5. The van der Waals surface area contributed by atoms with Gasteiger partial charge in [0.15, 0.2) is 0 Å². The Morgan fingerprint density at radius 3 is 1.28 bits per heavy atom. The van der Waals surface area contributed by atoms with Crippen LogP contribution in [-0.2, 0) is 60.7 Å². The van der Waals surface area contributed by atoms with Crippen molar-refractivity contribution in [2.75, 3.05) is 75.9 Å². The van der Waals surface area contributed by atoms with Crippen LogP contribution in [0.4, 0.5) is 35.9 Å². The molecule has 0 saturated heterocycles. The van der Waals surface area contributed by atoms with E-state index in [1.165, 1.54) is 24.3 Å². The maximum absolute atomic E-state index is 13.4. The molecule has 0 bridgehead atoms. The highest BCUT2D eigenvalue weighted by Crippen LogP contribution is 2.39. The maximum Gasteiger partial charge on any atom is 0.446 e. The fourth-order valence-corrected chi connectivity index (χ4v) is 8.48. The zero-order chi connectivity index (χ0) is 67.8. The van der Waals surface area contributed by atoms with Crippen LogP contribution in [-0.4, -0.2) is 123 Å². The average Bonchev–Trinajstić information content (AvgIpc) is 1.65. The minimum absolute atomic E-state index is 0.0249. The minimum Gasteiger partial charge on any atom is -0.491 e. The van der Waals surface area contributed by atoms with E-state index in [2.05, 4.69) is 0 Å². The number of allylic oxidation sites excluding steroid dienone is 4. The first-order chi connectivity index (χ1) is 44.5. The number of nitro groups is 2. The number of fused-ring (bicyclic) bond motifs is 2. The van der Waals surface area contributed by atoms with E-state index in [0.29, 0.717) is 75.7 Å². The third-order valence-electron chi connectivity index (χ3n) is 12.5. The number of ether oxygens (including phenoxy) is 7. The average molecular weight is 1270 g/mol. The van der Waals surface area contributed by atoms with Crippen LogP contribution < -0.4 is 19.3 Å². The number of carboxylic acids is 1. The number of amides is 2. The number of halogens is 3. The first kappa shape index (κ1) is 70.9. The number of carbonyl (C=O) groups is 5. The molecular formula is C68H71F3N4O17. The Balaban J connectivity index is 0.000000299. The Hall–Kier alpha value is -10.1. The van der Waals surface area contributed by atoms with Crippen LogP contribution in [0, 0.1) is 20.2 Å². The molecule has 0 radical (unpaired) electrons. The Kier molecular flexibility index (Phi) is 28.6. The predicted octanol–water partition coefficient (Wildman–Crippen LogP) is 12.5. The van der Waals surface area contributed by atoms with E-state index in [4.69, 9.17) is 44.4 Å². The van der Waals surface area contributed by atoms with Gasteiger partial charge in [-0.25, -0.2) is 9.59 Å². The summed E-state index contributed by atoms with van der Waals surface area (Å²) in [6, 6.07) is 42.7. The zero-order valence-electron chi connectivity index (χ0n) is 52.0. The molecule has 8 rings (SSSR count). The number of carbonyl (C=O) groups excluding carboxylic acids is 4. The van der Waals surface area contributed by atoms with Crippen LogP contribution in [0.1, 0.15) is 69.3 Å². The highest BCUT2D eigenvalue weighted by atomic mass is 19.4. The van der Waals surface area contributed by atoms with Crippen LogP contribution in [0.3, 0.4) is 0 Å². The number of hydrogen-bond acceptors (Lipinski definition) is 16. The summed E-state index contributed by atoms with van der Waals surface area (Å²) in [5.41, 5.74) is 7.48. The van der Waals surface area contributed by atoms with Crippen LogP contribution >= 0.6 is 0 Å². The molecule has 6 aromatic carbocycles. The molecule has 1 N–H and O–H groups in total. The van der Waals surface area contributed by atoms with Crippen molar-refractivity contribution in [1.82, 2.24) is 0 Å². The van der Waals surface area contributed by atoms with E-state index in [0.717, 1.165) is 44.8 Å². The monoisotopic (exact) mass is 1270 g/mol. The van der Waals surface area contributed by atoms with Crippen molar-refractivity contribution in [1.29, 1.82) is 0 Å². The third-order valence-corrected chi connectivity index (χ3v) is 12.5. The van der Waals surface area contributed by atoms with Crippen molar-refractivity contribution in [2.24, 2.45) is 0 Å².